The van der Waals surface area contributed by atoms with Gasteiger partial charge in [-0.2, -0.15) is 0 Å². The highest BCUT2D eigenvalue weighted by Gasteiger charge is 2.37. The SMILES string of the molecule is CC(C)(C)c1ccc(N(c2ccc(-c3ccccc3)cc2)c2ccc3c(c2)C(C)(C)c2ccccc2C3=C(c2ccccc2)c2ccccc2)c(-c2ccccc2)c1. The summed E-state index contributed by atoms with van der Waals surface area (Å²) in [6.45, 7) is 11.7. The molecule has 0 spiro atoms. The molecule has 0 unspecified atom stereocenters. The summed E-state index contributed by atoms with van der Waals surface area (Å²) in [5, 5.41) is 0. The van der Waals surface area contributed by atoms with E-state index in [1.165, 1.54) is 72.3 Å². The third kappa shape index (κ3) is 6.77. The zero-order chi connectivity index (χ0) is 39.9. The molecule has 0 saturated carbocycles. The molecule has 8 aromatic rings. The molecule has 0 amide bonds. The summed E-state index contributed by atoms with van der Waals surface area (Å²) in [7, 11) is 0. The quantitative estimate of drug-likeness (QED) is 0.157. The number of fused-ring (bicyclic) bond motifs is 2. The van der Waals surface area contributed by atoms with Crippen LogP contribution >= 0.6 is 0 Å². The van der Waals surface area contributed by atoms with E-state index in [-0.39, 0.29) is 10.8 Å². The van der Waals surface area contributed by atoms with Gasteiger partial charge in [-0.15, -0.1) is 0 Å². The maximum Gasteiger partial charge on any atom is 0.0540 e. The highest BCUT2D eigenvalue weighted by Crippen LogP contribution is 2.52. The molecule has 9 rings (SSSR count). The maximum atomic E-state index is 2.47. The Labute approximate surface area is 344 Å². The first-order chi connectivity index (χ1) is 28.2. The van der Waals surface area contributed by atoms with Gasteiger partial charge in [-0.05, 0) is 109 Å². The third-order valence-corrected chi connectivity index (χ3v) is 11.9. The Kier molecular flexibility index (Phi) is 9.54. The van der Waals surface area contributed by atoms with Gasteiger partial charge in [-0.3, -0.25) is 0 Å². The topological polar surface area (TPSA) is 3.24 Å². The molecule has 1 nitrogen and oxygen atoms in total. The average molecular weight is 748 g/mol. The Morgan fingerprint density at radius 2 is 0.914 bits per heavy atom. The second-order valence-electron chi connectivity index (χ2n) is 17.0. The van der Waals surface area contributed by atoms with Crippen LogP contribution in [0, 0.1) is 0 Å². The van der Waals surface area contributed by atoms with Gasteiger partial charge in [0.1, 0.15) is 0 Å². The highest BCUT2D eigenvalue weighted by atomic mass is 15.1. The van der Waals surface area contributed by atoms with Crippen LogP contribution in [0.5, 0.6) is 0 Å². The van der Waals surface area contributed by atoms with Gasteiger partial charge in [-0.25, -0.2) is 0 Å². The van der Waals surface area contributed by atoms with Crippen LogP contribution in [-0.2, 0) is 10.8 Å². The van der Waals surface area contributed by atoms with E-state index in [9.17, 15) is 0 Å². The zero-order valence-electron chi connectivity index (χ0n) is 34.1. The Balaban J connectivity index is 1.32. The Bertz CT molecular complexity index is 2690. The van der Waals surface area contributed by atoms with Crippen molar-refractivity contribution in [2.45, 2.75) is 45.4 Å². The van der Waals surface area contributed by atoms with Crippen LogP contribution in [0.15, 0.2) is 206 Å². The molecule has 0 radical (unpaired) electrons. The lowest BCUT2D eigenvalue weighted by Gasteiger charge is -2.39. The van der Waals surface area contributed by atoms with Crippen molar-refractivity contribution in [3.63, 3.8) is 0 Å². The van der Waals surface area contributed by atoms with E-state index >= 15 is 0 Å². The molecule has 0 N–H and O–H groups in total. The van der Waals surface area contributed by atoms with Gasteiger partial charge in [-0.1, -0.05) is 204 Å². The van der Waals surface area contributed by atoms with Crippen molar-refractivity contribution in [1.82, 2.24) is 0 Å². The minimum Gasteiger partial charge on any atom is -0.310 e. The predicted octanol–water partition coefficient (Wildman–Crippen LogP) is 15.4. The molecule has 0 aliphatic heterocycles. The summed E-state index contributed by atoms with van der Waals surface area (Å²) in [4.78, 5) is 2.47. The summed E-state index contributed by atoms with van der Waals surface area (Å²) >= 11 is 0. The maximum absolute atomic E-state index is 2.47. The highest BCUT2D eigenvalue weighted by molar-refractivity contribution is 6.07. The molecule has 8 aromatic carbocycles. The normalized spacial score (nSPS) is 13.0. The average Bonchev–Trinajstić information content (AvgIpc) is 3.26. The van der Waals surface area contributed by atoms with E-state index in [0.717, 1.165) is 17.1 Å². The monoisotopic (exact) mass is 747 g/mol. The number of benzene rings is 8. The summed E-state index contributed by atoms with van der Waals surface area (Å²) in [5.74, 6) is 0. The van der Waals surface area contributed by atoms with Gasteiger partial charge in [0.2, 0.25) is 0 Å². The summed E-state index contributed by atoms with van der Waals surface area (Å²) in [6, 6.07) is 75.7. The number of nitrogens with zero attached hydrogens (tertiary/aromatic N) is 1. The van der Waals surface area contributed by atoms with Crippen molar-refractivity contribution >= 4 is 28.2 Å². The lowest BCUT2D eigenvalue weighted by atomic mass is 9.65. The molecule has 1 aliphatic rings. The van der Waals surface area contributed by atoms with Crippen LogP contribution in [0.3, 0.4) is 0 Å². The minimum atomic E-state index is -0.273. The summed E-state index contributed by atoms with van der Waals surface area (Å²) < 4.78 is 0. The molecule has 0 aromatic heterocycles. The smallest absolute Gasteiger partial charge is 0.0540 e. The largest absolute Gasteiger partial charge is 0.310 e. The molecule has 1 aliphatic carbocycles. The molecule has 1 heteroatoms. The zero-order valence-corrected chi connectivity index (χ0v) is 34.1. The molecule has 282 valence electrons. The van der Waals surface area contributed by atoms with E-state index in [1.807, 2.05) is 0 Å². The molecule has 0 atom stereocenters. The van der Waals surface area contributed by atoms with E-state index < -0.39 is 0 Å². The van der Waals surface area contributed by atoms with Crippen LogP contribution < -0.4 is 4.90 Å². The molecule has 0 saturated heterocycles. The standard InChI is InChI=1S/C57H49N/c1-56(2,3)45-32-37-53(50(38-45)42-22-12-7-13-23-42)58(46-33-30-41(31-34-46)40-20-10-6-11-21-40)47-35-36-49-52(39-47)57(4,5)51-29-19-18-28-48(51)55(49)54(43-24-14-8-15-25-43)44-26-16-9-17-27-44/h6-39H,1-5H3. The fraction of sp³-hybridized carbons (Fsp3) is 0.123. The summed E-state index contributed by atoms with van der Waals surface area (Å²) in [6.07, 6.45) is 0. The molecular formula is C57H49N. The van der Waals surface area contributed by atoms with Crippen molar-refractivity contribution in [3.05, 3.63) is 245 Å². The molecular weight excluding hydrogens is 699 g/mol. The van der Waals surface area contributed by atoms with Crippen molar-refractivity contribution in [1.29, 1.82) is 0 Å². The Morgan fingerprint density at radius 1 is 0.414 bits per heavy atom. The van der Waals surface area contributed by atoms with E-state index in [1.54, 1.807) is 0 Å². The molecule has 0 fully saturated rings. The van der Waals surface area contributed by atoms with E-state index in [2.05, 4.69) is 246 Å². The Hall–Kier alpha value is -6.70. The van der Waals surface area contributed by atoms with Crippen molar-refractivity contribution < 1.29 is 0 Å². The van der Waals surface area contributed by atoms with Crippen LogP contribution in [0.2, 0.25) is 0 Å². The van der Waals surface area contributed by atoms with Gasteiger partial charge in [0.25, 0.3) is 0 Å². The van der Waals surface area contributed by atoms with Crippen LogP contribution in [0.1, 0.15) is 73.6 Å². The lowest BCUT2D eigenvalue weighted by molar-refractivity contribution is 0.590. The number of hydrogen-bond acceptors (Lipinski definition) is 1. The number of rotatable bonds is 7. The molecule has 0 heterocycles. The third-order valence-electron chi connectivity index (χ3n) is 11.9. The number of anilines is 3. The van der Waals surface area contributed by atoms with Crippen LogP contribution in [-0.4, -0.2) is 0 Å². The predicted molar refractivity (Wildman–Crippen MR) is 247 cm³/mol. The first-order valence-corrected chi connectivity index (χ1v) is 20.4. The van der Waals surface area contributed by atoms with E-state index in [0.29, 0.717) is 0 Å². The first-order valence-electron chi connectivity index (χ1n) is 20.4. The second kappa shape index (κ2) is 15.0. The molecule has 58 heavy (non-hydrogen) atoms. The van der Waals surface area contributed by atoms with Gasteiger partial charge >= 0.3 is 0 Å². The van der Waals surface area contributed by atoms with Crippen LogP contribution in [0.25, 0.3) is 33.4 Å². The van der Waals surface area contributed by atoms with Crippen LogP contribution in [0.4, 0.5) is 17.1 Å². The minimum absolute atomic E-state index is 0.00852. The van der Waals surface area contributed by atoms with Gasteiger partial charge in [0.15, 0.2) is 0 Å². The van der Waals surface area contributed by atoms with Gasteiger partial charge in [0.05, 0.1) is 5.69 Å². The van der Waals surface area contributed by atoms with Crippen molar-refractivity contribution in [2.24, 2.45) is 0 Å². The van der Waals surface area contributed by atoms with Crippen molar-refractivity contribution in [2.75, 3.05) is 4.90 Å². The summed E-state index contributed by atoms with van der Waals surface area (Å²) in [5.41, 5.74) is 19.3. The van der Waals surface area contributed by atoms with Gasteiger partial charge < -0.3 is 4.90 Å². The van der Waals surface area contributed by atoms with Crippen molar-refractivity contribution in [3.8, 4) is 22.3 Å². The first kappa shape index (κ1) is 36.9. The number of hydrogen-bond donors (Lipinski definition) is 0. The fourth-order valence-electron chi connectivity index (χ4n) is 8.78. The molecule has 0 bridgehead atoms. The van der Waals surface area contributed by atoms with Gasteiger partial charge in [0, 0.05) is 22.4 Å². The second-order valence-corrected chi connectivity index (χ2v) is 17.0. The lowest BCUT2D eigenvalue weighted by Crippen LogP contribution is -2.27. The Morgan fingerprint density at radius 3 is 1.52 bits per heavy atom. The van der Waals surface area contributed by atoms with E-state index in [4.69, 9.17) is 0 Å². The fourth-order valence-corrected chi connectivity index (χ4v) is 8.78.